The van der Waals surface area contributed by atoms with Crippen molar-refractivity contribution in [3.8, 4) is 5.75 Å². The Bertz CT molecular complexity index is 899. The van der Waals surface area contributed by atoms with Crippen LogP contribution in [0.5, 0.6) is 5.75 Å². The lowest BCUT2D eigenvalue weighted by atomic mass is 10.1. The highest BCUT2D eigenvalue weighted by molar-refractivity contribution is 9.10. The largest absolute Gasteiger partial charge is 0.482 e. The summed E-state index contributed by atoms with van der Waals surface area (Å²) in [7, 11) is 0. The maximum absolute atomic E-state index is 12.3. The molecule has 0 spiro atoms. The van der Waals surface area contributed by atoms with Gasteiger partial charge in [0.15, 0.2) is 6.61 Å². The van der Waals surface area contributed by atoms with Gasteiger partial charge in [0.25, 0.3) is 5.91 Å². The van der Waals surface area contributed by atoms with E-state index in [9.17, 15) is 9.59 Å². The first-order valence-electron chi connectivity index (χ1n) is 10.7. The van der Waals surface area contributed by atoms with Crippen LogP contribution in [0.15, 0.2) is 40.9 Å². The molecule has 6 nitrogen and oxygen atoms in total. The van der Waals surface area contributed by atoms with Gasteiger partial charge in [-0.3, -0.25) is 9.59 Å². The zero-order valence-electron chi connectivity index (χ0n) is 18.4. The van der Waals surface area contributed by atoms with Crippen molar-refractivity contribution in [2.45, 2.75) is 33.6 Å². The first-order chi connectivity index (χ1) is 14.9. The Labute approximate surface area is 192 Å². The van der Waals surface area contributed by atoms with Crippen LogP contribution in [0.3, 0.4) is 0 Å². The van der Waals surface area contributed by atoms with Crippen molar-refractivity contribution in [3.05, 3.63) is 52.0 Å². The van der Waals surface area contributed by atoms with E-state index >= 15 is 0 Å². The molecule has 1 aliphatic heterocycles. The third-order valence-corrected chi connectivity index (χ3v) is 5.92. The molecule has 0 aromatic heterocycles. The van der Waals surface area contributed by atoms with E-state index < -0.39 is 0 Å². The molecule has 0 saturated carbocycles. The lowest BCUT2D eigenvalue weighted by Crippen LogP contribution is -2.48. The number of nitrogens with zero attached hydrogens (tertiary/aromatic N) is 2. The quantitative estimate of drug-likeness (QED) is 0.622. The highest BCUT2D eigenvalue weighted by Gasteiger charge is 2.20. The van der Waals surface area contributed by atoms with Crippen molar-refractivity contribution in [2.24, 2.45) is 0 Å². The molecule has 31 heavy (non-hydrogen) atoms. The molecular weight excluding hydrogens is 458 g/mol. The highest BCUT2D eigenvalue weighted by Crippen LogP contribution is 2.30. The molecule has 1 fully saturated rings. The van der Waals surface area contributed by atoms with Gasteiger partial charge in [-0.1, -0.05) is 13.0 Å². The zero-order valence-corrected chi connectivity index (χ0v) is 20.0. The number of piperazine rings is 1. The molecule has 2 aromatic rings. The lowest BCUT2D eigenvalue weighted by Gasteiger charge is -2.36. The summed E-state index contributed by atoms with van der Waals surface area (Å²) in [6, 6.07) is 11.8. The van der Waals surface area contributed by atoms with Gasteiger partial charge in [-0.05, 0) is 77.7 Å². The van der Waals surface area contributed by atoms with E-state index in [1.54, 1.807) is 0 Å². The third-order valence-electron chi connectivity index (χ3n) is 5.33. The van der Waals surface area contributed by atoms with Gasteiger partial charge in [0.05, 0.1) is 4.47 Å². The number of rotatable bonds is 7. The summed E-state index contributed by atoms with van der Waals surface area (Å²) in [6.07, 6.45) is 1.51. The molecule has 0 aliphatic carbocycles. The van der Waals surface area contributed by atoms with Crippen molar-refractivity contribution < 1.29 is 14.3 Å². The molecular formula is C24H30BrN3O3. The summed E-state index contributed by atoms with van der Waals surface area (Å²) in [5.74, 6) is 0.727. The number of nitrogens with one attached hydrogen (secondary N) is 1. The molecule has 166 valence electrons. The Balaban J connectivity index is 1.49. The Morgan fingerprint density at radius 1 is 1.06 bits per heavy atom. The van der Waals surface area contributed by atoms with Crippen LogP contribution in [-0.4, -0.2) is 49.5 Å². The van der Waals surface area contributed by atoms with E-state index in [1.165, 1.54) is 0 Å². The van der Waals surface area contributed by atoms with Crippen molar-refractivity contribution in [1.29, 1.82) is 0 Å². The van der Waals surface area contributed by atoms with Crippen LogP contribution in [0.25, 0.3) is 0 Å². The second-order valence-electron chi connectivity index (χ2n) is 7.89. The standard InChI is InChI=1S/C24H30BrN3O3/c1-4-5-23(30)28-12-10-27(11-13-28)20-8-6-19(7-9-20)26-22(29)16-31-24-18(3)14-17(2)15-21(24)25/h6-9,14-15H,4-5,10-13,16H2,1-3H3,(H,26,29). The number of anilines is 2. The van der Waals surface area contributed by atoms with Gasteiger partial charge in [0.2, 0.25) is 5.91 Å². The predicted molar refractivity (Wildman–Crippen MR) is 128 cm³/mol. The molecule has 0 atom stereocenters. The first kappa shape index (κ1) is 23.1. The van der Waals surface area contributed by atoms with Crippen LogP contribution in [0.4, 0.5) is 11.4 Å². The van der Waals surface area contributed by atoms with E-state index in [4.69, 9.17) is 4.74 Å². The number of hydrogen-bond donors (Lipinski definition) is 1. The number of hydrogen-bond acceptors (Lipinski definition) is 4. The number of carbonyl (C=O) groups is 2. The highest BCUT2D eigenvalue weighted by atomic mass is 79.9. The van der Waals surface area contributed by atoms with Crippen LogP contribution >= 0.6 is 15.9 Å². The van der Waals surface area contributed by atoms with E-state index in [-0.39, 0.29) is 18.4 Å². The smallest absolute Gasteiger partial charge is 0.262 e. The summed E-state index contributed by atoms with van der Waals surface area (Å²) < 4.78 is 6.57. The minimum Gasteiger partial charge on any atom is -0.482 e. The van der Waals surface area contributed by atoms with E-state index in [2.05, 4.69) is 26.1 Å². The summed E-state index contributed by atoms with van der Waals surface area (Å²) in [5, 5.41) is 2.88. The lowest BCUT2D eigenvalue weighted by molar-refractivity contribution is -0.131. The van der Waals surface area contributed by atoms with Crippen molar-refractivity contribution >= 4 is 39.1 Å². The molecule has 2 aromatic carbocycles. The second kappa shape index (κ2) is 10.7. The number of halogens is 1. The maximum atomic E-state index is 12.3. The average molecular weight is 488 g/mol. The minimum absolute atomic E-state index is 0.0575. The molecule has 1 aliphatic rings. The van der Waals surface area contributed by atoms with Gasteiger partial charge in [-0.15, -0.1) is 0 Å². The first-order valence-corrected chi connectivity index (χ1v) is 11.5. The van der Waals surface area contributed by atoms with Crippen LogP contribution in [0.2, 0.25) is 0 Å². The fourth-order valence-corrected chi connectivity index (χ4v) is 4.55. The number of benzene rings is 2. The topological polar surface area (TPSA) is 61.9 Å². The molecule has 1 heterocycles. The molecule has 0 bridgehead atoms. The van der Waals surface area contributed by atoms with E-state index in [0.29, 0.717) is 12.2 Å². The maximum Gasteiger partial charge on any atom is 0.262 e. The molecule has 7 heteroatoms. The minimum atomic E-state index is -0.206. The Morgan fingerprint density at radius 3 is 2.35 bits per heavy atom. The number of aryl methyl sites for hydroxylation is 2. The van der Waals surface area contributed by atoms with Crippen molar-refractivity contribution in [2.75, 3.05) is 43.0 Å². The fraction of sp³-hybridized carbons (Fsp3) is 0.417. The normalized spacial score (nSPS) is 13.8. The van der Waals surface area contributed by atoms with Gasteiger partial charge in [0, 0.05) is 44.0 Å². The summed E-state index contributed by atoms with van der Waals surface area (Å²) in [4.78, 5) is 28.6. The predicted octanol–water partition coefficient (Wildman–Crippen LogP) is 4.53. The Hall–Kier alpha value is -2.54. The number of ether oxygens (including phenoxy) is 1. The summed E-state index contributed by atoms with van der Waals surface area (Å²) >= 11 is 3.50. The summed E-state index contributed by atoms with van der Waals surface area (Å²) in [6.45, 7) is 9.10. The SMILES string of the molecule is CCCC(=O)N1CCN(c2ccc(NC(=O)COc3c(C)cc(C)cc3Br)cc2)CC1. The molecule has 0 radical (unpaired) electrons. The van der Waals surface area contributed by atoms with Gasteiger partial charge >= 0.3 is 0 Å². The average Bonchev–Trinajstić information content (AvgIpc) is 2.74. The molecule has 2 amide bonds. The second-order valence-corrected chi connectivity index (χ2v) is 8.75. The summed E-state index contributed by atoms with van der Waals surface area (Å²) in [5.41, 5.74) is 3.95. The van der Waals surface area contributed by atoms with Gasteiger partial charge in [-0.25, -0.2) is 0 Å². The molecule has 3 rings (SSSR count). The fourth-order valence-electron chi connectivity index (χ4n) is 3.76. The molecule has 0 unspecified atom stereocenters. The van der Waals surface area contributed by atoms with Crippen molar-refractivity contribution in [1.82, 2.24) is 4.90 Å². The zero-order chi connectivity index (χ0) is 22.4. The van der Waals surface area contributed by atoms with Gasteiger partial charge in [0.1, 0.15) is 5.75 Å². The van der Waals surface area contributed by atoms with Crippen LogP contribution < -0.4 is 15.0 Å². The van der Waals surface area contributed by atoms with Crippen LogP contribution in [0, 0.1) is 13.8 Å². The van der Waals surface area contributed by atoms with Crippen LogP contribution in [0.1, 0.15) is 30.9 Å². The Morgan fingerprint density at radius 2 is 1.74 bits per heavy atom. The number of amides is 2. The van der Waals surface area contributed by atoms with Gasteiger partial charge in [-0.2, -0.15) is 0 Å². The van der Waals surface area contributed by atoms with Crippen LogP contribution in [-0.2, 0) is 9.59 Å². The van der Waals surface area contributed by atoms with Crippen molar-refractivity contribution in [3.63, 3.8) is 0 Å². The molecule has 1 saturated heterocycles. The third kappa shape index (κ3) is 6.23. The number of carbonyl (C=O) groups excluding carboxylic acids is 2. The molecule has 1 N–H and O–H groups in total. The monoisotopic (exact) mass is 487 g/mol. The Kier molecular flexibility index (Phi) is 7.96. The van der Waals surface area contributed by atoms with E-state index in [1.807, 2.05) is 62.1 Å². The van der Waals surface area contributed by atoms with Gasteiger partial charge < -0.3 is 19.9 Å². The van der Waals surface area contributed by atoms with E-state index in [0.717, 1.165) is 59.6 Å².